The van der Waals surface area contributed by atoms with Gasteiger partial charge in [-0.2, -0.15) is 0 Å². The largest absolute Gasteiger partial charge is 0.482 e. The SMILES string of the molecule is CCCC(CC(=O)O)NC(=O)COc1ccc(Br)cc1Cl. The maximum Gasteiger partial charge on any atom is 0.305 e. The number of carbonyl (C=O) groups is 2. The van der Waals surface area contributed by atoms with Gasteiger partial charge in [0.05, 0.1) is 11.4 Å². The number of amides is 1. The molecular weight excluding hydrogens is 362 g/mol. The molecule has 7 heteroatoms. The van der Waals surface area contributed by atoms with Crippen molar-refractivity contribution in [2.24, 2.45) is 0 Å². The van der Waals surface area contributed by atoms with Crippen LogP contribution in [0.1, 0.15) is 26.2 Å². The quantitative estimate of drug-likeness (QED) is 0.728. The van der Waals surface area contributed by atoms with Crippen molar-refractivity contribution in [2.75, 3.05) is 6.61 Å². The van der Waals surface area contributed by atoms with Gasteiger partial charge in [0, 0.05) is 10.5 Å². The highest BCUT2D eigenvalue weighted by atomic mass is 79.9. The fourth-order valence-corrected chi connectivity index (χ4v) is 2.52. The van der Waals surface area contributed by atoms with Crippen LogP contribution in [-0.4, -0.2) is 29.6 Å². The molecule has 1 rings (SSSR count). The Morgan fingerprint density at radius 1 is 1.48 bits per heavy atom. The van der Waals surface area contributed by atoms with E-state index < -0.39 is 5.97 Å². The van der Waals surface area contributed by atoms with Gasteiger partial charge in [-0.1, -0.05) is 40.9 Å². The molecule has 1 amide bonds. The molecule has 5 nitrogen and oxygen atoms in total. The van der Waals surface area contributed by atoms with E-state index in [4.69, 9.17) is 21.4 Å². The van der Waals surface area contributed by atoms with Crippen molar-refractivity contribution < 1.29 is 19.4 Å². The molecular formula is C14H17BrClNO4. The van der Waals surface area contributed by atoms with Crippen LogP contribution in [-0.2, 0) is 9.59 Å². The van der Waals surface area contributed by atoms with Crippen LogP contribution in [0.2, 0.25) is 5.02 Å². The maximum atomic E-state index is 11.8. The Balaban J connectivity index is 2.50. The fourth-order valence-electron chi connectivity index (χ4n) is 1.79. The number of carboxylic acid groups (broad SMARTS) is 1. The predicted octanol–water partition coefficient (Wildman–Crippen LogP) is 3.24. The van der Waals surface area contributed by atoms with E-state index >= 15 is 0 Å². The summed E-state index contributed by atoms with van der Waals surface area (Å²) >= 11 is 9.25. The molecule has 0 aromatic heterocycles. The van der Waals surface area contributed by atoms with Crippen molar-refractivity contribution in [1.29, 1.82) is 0 Å². The third-order valence-corrected chi connectivity index (χ3v) is 3.46. The smallest absolute Gasteiger partial charge is 0.305 e. The van der Waals surface area contributed by atoms with Crippen LogP contribution < -0.4 is 10.1 Å². The number of benzene rings is 1. The number of halogens is 2. The number of aliphatic carboxylic acids is 1. The molecule has 0 aliphatic heterocycles. The first-order chi connectivity index (χ1) is 9.92. The molecule has 0 aliphatic carbocycles. The van der Waals surface area contributed by atoms with E-state index in [1.54, 1.807) is 18.2 Å². The second-order valence-electron chi connectivity index (χ2n) is 4.51. The summed E-state index contributed by atoms with van der Waals surface area (Å²) in [6, 6.07) is 4.69. The molecule has 1 atom stereocenters. The van der Waals surface area contributed by atoms with Gasteiger partial charge in [0.1, 0.15) is 5.75 Å². The summed E-state index contributed by atoms with van der Waals surface area (Å²) in [7, 11) is 0. The second-order valence-corrected chi connectivity index (χ2v) is 5.84. The van der Waals surface area contributed by atoms with E-state index in [1.165, 1.54) is 0 Å². The Hall–Kier alpha value is -1.27. The summed E-state index contributed by atoms with van der Waals surface area (Å²) in [5.74, 6) is -0.903. The van der Waals surface area contributed by atoms with Crippen LogP contribution in [0.15, 0.2) is 22.7 Å². The molecule has 0 aliphatic rings. The van der Waals surface area contributed by atoms with Crippen molar-refractivity contribution >= 4 is 39.4 Å². The molecule has 0 fully saturated rings. The van der Waals surface area contributed by atoms with Gasteiger partial charge < -0.3 is 15.2 Å². The Kier molecular flexibility index (Phi) is 7.53. The van der Waals surface area contributed by atoms with Crippen molar-refractivity contribution in [2.45, 2.75) is 32.2 Å². The van der Waals surface area contributed by atoms with Gasteiger partial charge >= 0.3 is 5.97 Å². The molecule has 0 radical (unpaired) electrons. The van der Waals surface area contributed by atoms with Crippen LogP contribution in [0.4, 0.5) is 0 Å². The molecule has 1 aromatic rings. The first kappa shape index (κ1) is 17.8. The summed E-state index contributed by atoms with van der Waals surface area (Å²) < 4.78 is 6.14. The summed E-state index contributed by atoms with van der Waals surface area (Å²) in [6.07, 6.45) is 1.30. The van der Waals surface area contributed by atoms with Gasteiger partial charge in [-0.05, 0) is 24.6 Å². The number of carboxylic acids is 1. The fraction of sp³-hybridized carbons (Fsp3) is 0.429. The second kappa shape index (κ2) is 8.89. The highest BCUT2D eigenvalue weighted by molar-refractivity contribution is 9.10. The van der Waals surface area contributed by atoms with Crippen LogP contribution in [0.25, 0.3) is 0 Å². The van der Waals surface area contributed by atoms with Gasteiger partial charge in [0.25, 0.3) is 5.91 Å². The Morgan fingerprint density at radius 2 is 2.19 bits per heavy atom. The molecule has 0 saturated heterocycles. The zero-order valence-electron chi connectivity index (χ0n) is 11.6. The minimum atomic E-state index is -0.939. The topological polar surface area (TPSA) is 75.6 Å². The Bertz CT molecular complexity index is 510. The first-order valence-electron chi connectivity index (χ1n) is 6.51. The standard InChI is InChI=1S/C14H17BrClNO4/c1-2-3-10(7-14(19)20)17-13(18)8-21-12-5-4-9(15)6-11(12)16/h4-6,10H,2-3,7-8H2,1H3,(H,17,18)(H,19,20). The van der Waals surface area contributed by atoms with Gasteiger partial charge in [0.2, 0.25) is 0 Å². The van der Waals surface area contributed by atoms with Crippen LogP contribution in [0.3, 0.4) is 0 Å². The molecule has 0 heterocycles. The van der Waals surface area contributed by atoms with E-state index in [0.717, 1.165) is 10.9 Å². The van der Waals surface area contributed by atoms with E-state index in [1.807, 2.05) is 6.92 Å². The zero-order chi connectivity index (χ0) is 15.8. The lowest BCUT2D eigenvalue weighted by molar-refractivity contribution is -0.137. The first-order valence-corrected chi connectivity index (χ1v) is 7.68. The lowest BCUT2D eigenvalue weighted by Gasteiger charge is -2.16. The zero-order valence-corrected chi connectivity index (χ0v) is 13.9. The molecule has 0 saturated carbocycles. The Labute approximate surface area is 136 Å². The summed E-state index contributed by atoms with van der Waals surface area (Å²) in [5.41, 5.74) is 0. The number of hydrogen-bond acceptors (Lipinski definition) is 3. The van der Waals surface area contributed by atoms with E-state index in [0.29, 0.717) is 17.2 Å². The maximum absolute atomic E-state index is 11.8. The summed E-state index contributed by atoms with van der Waals surface area (Å²) in [6.45, 7) is 1.72. The molecule has 0 bridgehead atoms. The van der Waals surface area contributed by atoms with Crippen LogP contribution in [0.5, 0.6) is 5.75 Å². The van der Waals surface area contributed by atoms with Gasteiger partial charge in [-0.25, -0.2) is 0 Å². The lowest BCUT2D eigenvalue weighted by atomic mass is 10.1. The van der Waals surface area contributed by atoms with E-state index in [2.05, 4.69) is 21.2 Å². The summed E-state index contributed by atoms with van der Waals surface area (Å²) in [4.78, 5) is 22.5. The summed E-state index contributed by atoms with van der Waals surface area (Å²) in [5, 5.41) is 11.8. The van der Waals surface area contributed by atoms with Gasteiger partial charge in [-0.3, -0.25) is 9.59 Å². The highest BCUT2D eigenvalue weighted by Gasteiger charge is 2.15. The molecule has 0 spiro atoms. The number of nitrogens with one attached hydrogen (secondary N) is 1. The minimum absolute atomic E-state index is 0.0986. The lowest BCUT2D eigenvalue weighted by Crippen LogP contribution is -2.39. The average Bonchev–Trinajstić information content (AvgIpc) is 2.37. The van der Waals surface area contributed by atoms with E-state index in [-0.39, 0.29) is 25.0 Å². The Morgan fingerprint density at radius 3 is 2.76 bits per heavy atom. The number of ether oxygens (including phenoxy) is 1. The molecule has 21 heavy (non-hydrogen) atoms. The van der Waals surface area contributed by atoms with Crippen molar-refractivity contribution in [3.8, 4) is 5.75 Å². The predicted molar refractivity (Wildman–Crippen MR) is 83.7 cm³/mol. The van der Waals surface area contributed by atoms with Gasteiger partial charge in [-0.15, -0.1) is 0 Å². The number of hydrogen-bond donors (Lipinski definition) is 2. The monoisotopic (exact) mass is 377 g/mol. The van der Waals surface area contributed by atoms with Crippen LogP contribution >= 0.6 is 27.5 Å². The minimum Gasteiger partial charge on any atom is -0.482 e. The molecule has 116 valence electrons. The molecule has 1 unspecified atom stereocenters. The average molecular weight is 379 g/mol. The molecule has 2 N–H and O–H groups in total. The number of carbonyl (C=O) groups excluding carboxylic acids is 1. The third kappa shape index (κ3) is 6.82. The highest BCUT2D eigenvalue weighted by Crippen LogP contribution is 2.27. The van der Waals surface area contributed by atoms with Crippen molar-refractivity contribution in [3.05, 3.63) is 27.7 Å². The van der Waals surface area contributed by atoms with E-state index in [9.17, 15) is 9.59 Å². The molecule has 1 aromatic carbocycles. The van der Waals surface area contributed by atoms with Crippen LogP contribution in [0, 0.1) is 0 Å². The number of rotatable bonds is 8. The van der Waals surface area contributed by atoms with Crippen molar-refractivity contribution in [1.82, 2.24) is 5.32 Å². The normalized spacial score (nSPS) is 11.8. The third-order valence-electron chi connectivity index (χ3n) is 2.68. The van der Waals surface area contributed by atoms with Gasteiger partial charge in [0.15, 0.2) is 6.61 Å². The van der Waals surface area contributed by atoms with Crippen molar-refractivity contribution in [3.63, 3.8) is 0 Å².